The van der Waals surface area contributed by atoms with Crippen molar-refractivity contribution in [1.82, 2.24) is 0 Å². The van der Waals surface area contributed by atoms with Gasteiger partial charge in [-0.3, -0.25) is 0 Å². The van der Waals surface area contributed by atoms with Crippen LogP contribution in [0.25, 0.3) is 0 Å². The predicted octanol–water partition coefficient (Wildman–Crippen LogP) is 2.98. The van der Waals surface area contributed by atoms with Crippen molar-refractivity contribution in [3.8, 4) is 12.1 Å². The summed E-state index contributed by atoms with van der Waals surface area (Å²) in [6, 6.07) is 18.3. The van der Waals surface area contributed by atoms with Crippen LogP contribution < -0.4 is 0 Å². The van der Waals surface area contributed by atoms with Gasteiger partial charge in [-0.25, -0.2) is 0 Å². The fourth-order valence-corrected chi connectivity index (χ4v) is 1.57. The Hall–Kier alpha value is -3.11. The van der Waals surface area contributed by atoms with Gasteiger partial charge < -0.3 is 4.84 Å². The Labute approximate surface area is 117 Å². The monoisotopic (exact) mass is 261 g/mol. The maximum atomic E-state index is 8.78. The Morgan fingerprint density at radius 3 is 2.45 bits per heavy atom. The van der Waals surface area contributed by atoms with Gasteiger partial charge in [-0.15, -0.1) is 0 Å². The Morgan fingerprint density at radius 2 is 1.75 bits per heavy atom. The van der Waals surface area contributed by atoms with Gasteiger partial charge in [-0.2, -0.15) is 10.5 Å². The second-order valence-electron chi connectivity index (χ2n) is 4.05. The zero-order valence-electron chi connectivity index (χ0n) is 10.7. The minimum absolute atomic E-state index is 0.333. The first kappa shape index (κ1) is 13.3. The molecule has 4 heteroatoms. The van der Waals surface area contributed by atoms with Crippen LogP contribution in [0.4, 0.5) is 0 Å². The Bertz CT molecular complexity index is 691. The van der Waals surface area contributed by atoms with Crippen molar-refractivity contribution in [3.63, 3.8) is 0 Å². The molecular weight excluding hydrogens is 250 g/mol. The number of hydrogen-bond donors (Lipinski definition) is 0. The molecule has 2 aromatic rings. The van der Waals surface area contributed by atoms with Crippen molar-refractivity contribution < 1.29 is 4.84 Å². The fraction of sp³-hybridized carbons (Fsp3) is 0.0625. The lowest BCUT2D eigenvalue weighted by molar-refractivity contribution is 0.132. The summed E-state index contributed by atoms with van der Waals surface area (Å²) in [5.74, 6) is 0. The number of hydrogen-bond acceptors (Lipinski definition) is 4. The van der Waals surface area contributed by atoms with E-state index in [2.05, 4.69) is 17.3 Å². The Kier molecular flexibility index (Phi) is 4.48. The molecule has 2 rings (SSSR count). The zero-order chi connectivity index (χ0) is 14.2. The summed E-state index contributed by atoms with van der Waals surface area (Å²) in [6.45, 7) is 0.333. The highest BCUT2D eigenvalue weighted by atomic mass is 16.6. The molecule has 96 valence electrons. The quantitative estimate of drug-likeness (QED) is 0.627. The fourth-order valence-electron chi connectivity index (χ4n) is 1.57. The third-order valence-corrected chi connectivity index (χ3v) is 2.61. The van der Waals surface area contributed by atoms with Crippen molar-refractivity contribution in [2.45, 2.75) is 6.61 Å². The van der Waals surface area contributed by atoms with Gasteiger partial charge in [0.05, 0.1) is 29.5 Å². The average molecular weight is 261 g/mol. The summed E-state index contributed by atoms with van der Waals surface area (Å²) in [4.78, 5) is 5.17. The van der Waals surface area contributed by atoms with Crippen molar-refractivity contribution >= 4 is 6.21 Å². The van der Waals surface area contributed by atoms with Gasteiger partial charge in [0.15, 0.2) is 0 Å². The smallest absolute Gasteiger partial charge is 0.142 e. The van der Waals surface area contributed by atoms with E-state index in [0.717, 1.165) is 11.1 Å². The second-order valence-corrected chi connectivity index (χ2v) is 4.05. The highest BCUT2D eigenvalue weighted by Gasteiger charge is 1.94. The maximum Gasteiger partial charge on any atom is 0.142 e. The molecule has 0 saturated heterocycles. The molecule has 0 aliphatic carbocycles. The van der Waals surface area contributed by atoms with Crippen molar-refractivity contribution in [2.75, 3.05) is 0 Å². The molecule has 0 fully saturated rings. The average Bonchev–Trinajstić information content (AvgIpc) is 2.52. The molecule has 0 saturated carbocycles. The number of rotatable bonds is 4. The maximum absolute atomic E-state index is 8.78. The predicted molar refractivity (Wildman–Crippen MR) is 74.7 cm³/mol. The number of benzene rings is 2. The van der Waals surface area contributed by atoms with Crippen LogP contribution in [0.15, 0.2) is 53.7 Å². The van der Waals surface area contributed by atoms with Gasteiger partial charge in [-0.05, 0) is 35.4 Å². The normalized spacial score (nSPS) is 9.90. The lowest BCUT2D eigenvalue weighted by Gasteiger charge is -1.99. The Balaban J connectivity index is 1.90. The molecule has 0 N–H and O–H groups in total. The van der Waals surface area contributed by atoms with Crippen LogP contribution in [0.2, 0.25) is 0 Å². The largest absolute Gasteiger partial charge is 0.391 e. The lowest BCUT2D eigenvalue weighted by atomic mass is 10.1. The first-order valence-corrected chi connectivity index (χ1v) is 5.96. The molecular formula is C16H11N3O. The molecule has 0 atom stereocenters. The zero-order valence-corrected chi connectivity index (χ0v) is 10.7. The van der Waals surface area contributed by atoms with Crippen LogP contribution in [0, 0.1) is 22.7 Å². The molecule has 0 heterocycles. The summed E-state index contributed by atoms with van der Waals surface area (Å²) >= 11 is 0. The van der Waals surface area contributed by atoms with E-state index < -0.39 is 0 Å². The van der Waals surface area contributed by atoms with Crippen LogP contribution in [0.3, 0.4) is 0 Å². The summed E-state index contributed by atoms with van der Waals surface area (Å²) < 4.78 is 0. The minimum Gasteiger partial charge on any atom is -0.391 e. The highest BCUT2D eigenvalue weighted by Crippen LogP contribution is 2.05. The molecule has 0 aliphatic rings. The molecule has 0 bridgehead atoms. The van der Waals surface area contributed by atoms with Crippen LogP contribution >= 0.6 is 0 Å². The van der Waals surface area contributed by atoms with Crippen LogP contribution in [-0.2, 0) is 11.4 Å². The van der Waals surface area contributed by atoms with Crippen LogP contribution in [0.1, 0.15) is 22.3 Å². The molecule has 2 aromatic carbocycles. The van der Waals surface area contributed by atoms with E-state index in [1.54, 1.807) is 36.5 Å². The van der Waals surface area contributed by atoms with Gasteiger partial charge in [0.1, 0.15) is 6.61 Å². The Morgan fingerprint density at radius 1 is 1.00 bits per heavy atom. The number of oxime groups is 1. The van der Waals surface area contributed by atoms with E-state index in [1.807, 2.05) is 18.2 Å². The topological polar surface area (TPSA) is 69.2 Å². The summed E-state index contributed by atoms with van der Waals surface area (Å²) in [5, 5.41) is 21.3. The second kappa shape index (κ2) is 6.72. The molecule has 20 heavy (non-hydrogen) atoms. The molecule has 0 aliphatic heterocycles. The first-order valence-electron chi connectivity index (χ1n) is 5.96. The first-order chi connectivity index (χ1) is 9.81. The third kappa shape index (κ3) is 3.69. The van der Waals surface area contributed by atoms with Gasteiger partial charge in [0.25, 0.3) is 0 Å². The van der Waals surface area contributed by atoms with E-state index in [-0.39, 0.29) is 0 Å². The van der Waals surface area contributed by atoms with Crippen molar-refractivity contribution in [1.29, 1.82) is 10.5 Å². The lowest BCUT2D eigenvalue weighted by Crippen LogP contribution is -1.89. The SMILES string of the molecule is N#Cc1ccc(CON=Cc2cccc(C#N)c2)cc1. The molecule has 0 spiro atoms. The van der Waals surface area contributed by atoms with Gasteiger partial charge in [0.2, 0.25) is 0 Å². The number of nitriles is 2. The number of nitrogens with zero attached hydrogens (tertiary/aromatic N) is 3. The molecule has 0 amide bonds. The van der Waals surface area contributed by atoms with E-state index in [1.165, 1.54) is 0 Å². The highest BCUT2D eigenvalue weighted by molar-refractivity contribution is 5.79. The van der Waals surface area contributed by atoms with Crippen LogP contribution in [0.5, 0.6) is 0 Å². The third-order valence-electron chi connectivity index (χ3n) is 2.61. The van der Waals surface area contributed by atoms with Gasteiger partial charge in [-0.1, -0.05) is 29.4 Å². The standard InChI is InChI=1S/C16H11N3O/c17-9-13-4-6-14(7-5-13)12-20-19-11-16-3-1-2-15(8-16)10-18/h1-8,11H,12H2. The molecule has 0 radical (unpaired) electrons. The van der Waals surface area contributed by atoms with Crippen molar-refractivity contribution in [2.24, 2.45) is 5.16 Å². The van der Waals surface area contributed by atoms with Gasteiger partial charge >= 0.3 is 0 Å². The molecule has 4 nitrogen and oxygen atoms in total. The van der Waals surface area contributed by atoms with E-state index in [9.17, 15) is 0 Å². The van der Waals surface area contributed by atoms with Gasteiger partial charge in [0, 0.05) is 0 Å². The summed E-state index contributed by atoms with van der Waals surface area (Å²) in [6.07, 6.45) is 1.56. The summed E-state index contributed by atoms with van der Waals surface area (Å²) in [7, 11) is 0. The van der Waals surface area contributed by atoms with E-state index in [0.29, 0.717) is 17.7 Å². The minimum atomic E-state index is 0.333. The molecule has 0 unspecified atom stereocenters. The van der Waals surface area contributed by atoms with E-state index >= 15 is 0 Å². The van der Waals surface area contributed by atoms with Crippen molar-refractivity contribution in [3.05, 3.63) is 70.8 Å². The van der Waals surface area contributed by atoms with Crippen LogP contribution in [-0.4, -0.2) is 6.21 Å². The summed E-state index contributed by atoms with van der Waals surface area (Å²) in [5.41, 5.74) is 2.95. The van der Waals surface area contributed by atoms with E-state index in [4.69, 9.17) is 15.4 Å². The molecule has 0 aromatic heterocycles.